The highest BCUT2D eigenvalue weighted by molar-refractivity contribution is 5.69. The van der Waals surface area contributed by atoms with Crippen LogP contribution in [0.4, 0.5) is 11.4 Å². The third kappa shape index (κ3) is 12.5. The number of nitrogens with two attached hydrogens (primary N) is 4. The highest BCUT2D eigenvalue weighted by atomic mass is 16.6. The van der Waals surface area contributed by atoms with E-state index in [2.05, 4.69) is 41.5 Å². The number of rotatable bonds is 17. The van der Waals surface area contributed by atoms with Crippen molar-refractivity contribution in [3.8, 4) is 11.1 Å². The van der Waals surface area contributed by atoms with Gasteiger partial charge in [-0.2, -0.15) is 0 Å². The summed E-state index contributed by atoms with van der Waals surface area (Å²) in [5.41, 5.74) is 17.4. The molecule has 2 saturated carbocycles. The molecule has 12 nitrogen and oxygen atoms in total. The zero-order valence-electron chi connectivity index (χ0n) is 38.5. The molecule has 2 heterocycles. The molecule has 4 aliphatic rings. The van der Waals surface area contributed by atoms with Crippen molar-refractivity contribution in [1.29, 1.82) is 0 Å². The second-order valence-electron chi connectivity index (χ2n) is 19.6. The van der Waals surface area contributed by atoms with Gasteiger partial charge in [0.1, 0.15) is 0 Å². The van der Waals surface area contributed by atoms with Gasteiger partial charge in [0, 0.05) is 48.5 Å². The lowest BCUT2D eigenvalue weighted by atomic mass is 9.62. The Morgan fingerprint density at radius 3 is 1.34 bits per heavy atom. The highest BCUT2D eigenvalue weighted by Crippen LogP contribution is 2.48. The van der Waals surface area contributed by atoms with E-state index in [9.17, 15) is 10.2 Å². The minimum absolute atomic E-state index is 0.0134. The monoisotopic (exact) mass is 861 g/mol. The van der Waals surface area contributed by atoms with E-state index in [1.165, 1.54) is 35.7 Å². The van der Waals surface area contributed by atoms with Gasteiger partial charge >= 0.3 is 0 Å². The maximum atomic E-state index is 11.1. The molecule has 4 fully saturated rings. The molecule has 0 bridgehead atoms. The molecule has 12 heteroatoms. The number of ether oxygens (including phenoxy) is 4. The predicted octanol–water partition coefficient (Wildman–Crippen LogP) is 7.99. The number of aliphatic hydroxyl groups is 2. The molecule has 2 aromatic rings. The largest absolute Gasteiger partial charge is 0.401 e. The van der Waals surface area contributed by atoms with Gasteiger partial charge in [-0.3, -0.25) is 10.0 Å². The molecule has 62 heavy (non-hydrogen) atoms. The van der Waals surface area contributed by atoms with Crippen molar-refractivity contribution in [1.82, 2.24) is 0 Å². The Hall–Kier alpha value is -3.20. The number of hydrogen-bond donors (Lipinski definition) is 6. The van der Waals surface area contributed by atoms with Gasteiger partial charge in [0.2, 0.25) is 0 Å². The maximum Gasteiger partial charge on any atom is 0.157 e. The highest BCUT2D eigenvalue weighted by Gasteiger charge is 2.44. The first kappa shape index (κ1) is 48.3. The Morgan fingerprint density at radius 2 is 0.968 bits per heavy atom. The van der Waals surface area contributed by atoms with Crippen LogP contribution in [-0.2, 0) is 18.9 Å². The molecule has 346 valence electrons. The van der Waals surface area contributed by atoms with Gasteiger partial charge in [-0.25, -0.2) is 11.7 Å². The number of aliphatic hydroxyl groups excluding tert-OH is 2. The van der Waals surface area contributed by atoms with Gasteiger partial charge in [-0.05, 0) is 135 Å². The molecule has 14 atom stereocenters. The third-order valence-electron chi connectivity index (χ3n) is 15.4. The van der Waals surface area contributed by atoms with Gasteiger partial charge in [0.05, 0.1) is 50.0 Å². The molecule has 0 aromatic heterocycles. The van der Waals surface area contributed by atoms with Crippen molar-refractivity contribution in [2.45, 2.75) is 131 Å². The fourth-order valence-electron chi connectivity index (χ4n) is 11.2. The summed E-state index contributed by atoms with van der Waals surface area (Å²) in [6.07, 6.45) is 12.4. The van der Waals surface area contributed by atoms with Crippen LogP contribution in [0.1, 0.15) is 106 Å². The van der Waals surface area contributed by atoms with E-state index in [0.717, 1.165) is 61.4 Å². The van der Waals surface area contributed by atoms with Gasteiger partial charge < -0.3 is 40.6 Å². The Bertz CT molecular complexity index is 1600. The summed E-state index contributed by atoms with van der Waals surface area (Å²) in [6, 6.07) is 15.8. The van der Waals surface area contributed by atoms with E-state index < -0.39 is 12.6 Å². The first-order valence-corrected chi connectivity index (χ1v) is 23.7. The quantitative estimate of drug-likeness (QED) is 0.0512. The van der Waals surface area contributed by atoms with Gasteiger partial charge in [-0.15, -0.1) is 0 Å². The number of hydrogen-bond acceptors (Lipinski definition) is 12. The van der Waals surface area contributed by atoms with Crippen molar-refractivity contribution in [2.24, 2.45) is 82.3 Å². The summed E-state index contributed by atoms with van der Waals surface area (Å²) in [6.45, 7) is 15.5. The fraction of sp³-hybridized carbons (Fsp3) is 0.680. The number of hydrazine groups is 2. The van der Waals surface area contributed by atoms with E-state index in [0.29, 0.717) is 97.0 Å². The Kier molecular flexibility index (Phi) is 17.6. The number of anilines is 2. The first-order chi connectivity index (χ1) is 29.7. The zero-order valence-corrected chi connectivity index (χ0v) is 38.5. The molecule has 6 rings (SSSR count). The third-order valence-corrected chi connectivity index (χ3v) is 15.4. The number of benzene rings is 2. The van der Waals surface area contributed by atoms with Crippen LogP contribution in [0.5, 0.6) is 0 Å². The number of nitrogens with zero attached hydrogens (tertiary/aromatic N) is 2. The van der Waals surface area contributed by atoms with Crippen LogP contribution in [0.2, 0.25) is 0 Å². The lowest BCUT2D eigenvalue weighted by Gasteiger charge is -2.44. The Labute approximate surface area is 372 Å². The zero-order chi connectivity index (χ0) is 44.5. The lowest BCUT2D eigenvalue weighted by molar-refractivity contribution is -0.157. The topological polar surface area (TPSA) is 188 Å². The molecule has 0 amide bonds. The predicted molar refractivity (Wildman–Crippen MR) is 248 cm³/mol. The van der Waals surface area contributed by atoms with Crippen LogP contribution >= 0.6 is 0 Å². The second kappa shape index (κ2) is 22.6. The normalized spacial score (nSPS) is 31.7. The molecule has 10 N–H and O–H groups in total. The van der Waals surface area contributed by atoms with Crippen LogP contribution in [0.15, 0.2) is 72.3 Å². The second-order valence-corrected chi connectivity index (χ2v) is 19.6. The van der Waals surface area contributed by atoms with Gasteiger partial charge in [0.25, 0.3) is 0 Å². The molecular formula is C50H80N6O6. The summed E-state index contributed by atoms with van der Waals surface area (Å²) in [5.74, 6) is 17.2. The number of fused-ring (bicyclic) bond motifs is 2. The molecular weight excluding hydrogens is 781 g/mol. The minimum atomic E-state index is -0.856. The maximum absolute atomic E-state index is 11.1. The van der Waals surface area contributed by atoms with Crippen LogP contribution in [-0.4, -0.2) is 61.4 Å². The van der Waals surface area contributed by atoms with Crippen molar-refractivity contribution in [2.75, 3.05) is 36.4 Å². The van der Waals surface area contributed by atoms with Gasteiger partial charge in [0.15, 0.2) is 12.6 Å². The average molecular weight is 861 g/mol. The molecule has 2 saturated heterocycles. The van der Waals surface area contributed by atoms with Gasteiger partial charge in [-0.1, -0.05) is 64.8 Å². The minimum Gasteiger partial charge on any atom is -0.401 e. The van der Waals surface area contributed by atoms with E-state index >= 15 is 0 Å². The summed E-state index contributed by atoms with van der Waals surface area (Å²) >= 11 is 0. The summed E-state index contributed by atoms with van der Waals surface area (Å²) in [4.78, 5) is 0. The van der Waals surface area contributed by atoms with E-state index in [-0.39, 0.29) is 11.8 Å². The molecule has 8 unspecified atom stereocenters. The summed E-state index contributed by atoms with van der Waals surface area (Å²) < 4.78 is 24.2. The molecule has 2 aliphatic carbocycles. The smallest absolute Gasteiger partial charge is 0.157 e. The molecule has 0 radical (unpaired) electrons. The Balaban J connectivity index is 0.923. The molecule has 0 spiro atoms. The van der Waals surface area contributed by atoms with Crippen LogP contribution in [0.25, 0.3) is 11.1 Å². The molecule has 2 aromatic carbocycles. The average Bonchev–Trinajstić information content (AvgIpc) is 3.59. The Morgan fingerprint density at radius 1 is 0.597 bits per heavy atom. The van der Waals surface area contributed by atoms with Crippen LogP contribution in [0, 0.1) is 59.2 Å². The summed E-state index contributed by atoms with van der Waals surface area (Å²) in [7, 11) is 0. The van der Waals surface area contributed by atoms with Crippen LogP contribution < -0.4 is 33.2 Å². The van der Waals surface area contributed by atoms with Crippen molar-refractivity contribution in [3.63, 3.8) is 0 Å². The van der Waals surface area contributed by atoms with Crippen molar-refractivity contribution < 1.29 is 29.2 Å². The molecule has 2 aliphatic heterocycles. The summed E-state index contributed by atoms with van der Waals surface area (Å²) in [5, 5.41) is 25.1. The first-order valence-electron chi connectivity index (χ1n) is 23.7. The van der Waals surface area contributed by atoms with Crippen molar-refractivity contribution >= 4 is 11.4 Å². The van der Waals surface area contributed by atoms with E-state index in [1.807, 2.05) is 48.5 Å². The van der Waals surface area contributed by atoms with E-state index in [1.54, 1.807) is 12.4 Å². The fourth-order valence-corrected chi connectivity index (χ4v) is 11.2. The lowest BCUT2D eigenvalue weighted by Crippen LogP contribution is -2.42. The SMILES string of the molecule is CC1CCC2C(CO1)[C@H](C(C)[C@@H](O)OCC/C(N)=C/N(N)c1ccc(-c3ccc(N(N)/C=C(\N)CCO[C@H](O)C(C)C4CC[C@@H](C)[C@@H]5CCC(C)OCC45)cc3)cc1)CC[C@H]2C. The van der Waals surface area contributed by atoms with Crippen LogP contribution in [0.3, 0.4) is 0 Å². The van der Waals surface area contributed by atoms with E-state index in [4.69, 9.17) is 42.1 Å². The van der Waals surface area contributed by atoms with Crippen molar-refractivity contribution in [3.05, 3.63) is 72.3 Å². The standard InChI is InChI=1S/C50H80N6O6/c1-31-7-19-45(47-29-61-33(3)9-21-43(31)47)35(5)49(57)59-25-23-39(51)27-55(53)41-15-11-37(12-16-41)38-13-17-42(18-14-38)56(54)28-40(52)24-26-60-50(58)36(6)46-20-8-32(2)44-22-10-34(4)62-30-48(44)46/h11-18,27-28,31-36,43-50,57-58H,7-10,19-26,29-30,51-54H2,1-6H3/b39-27-,40-28-/t31-,32-,33?,34?,35?,36?,43+,44?,45?,46+,47?,48?,49+,50+/m1/s1.